The predicted molar refractivity (Wildman–Crippen MR) is 80.5 cm³/mol. The summed E-state index contributed by atoms with van der Waals surface area (Å²) in [7, 11) is 0. The SMILES string of the molecule is C=C[C@H]1CN2CC[C@H]1C[C@@H]2CNC(=O)c1ccccc1. The monoisotopic (exact) mass is 270 g/mol. The van der Waals surface area contributed by atoms with E-state index in [0.717, 1.165) is 24.6 Å². The zero-order valence-corrected chi connectivity index (χ0v) is 11.8. The largest absolute Gasteiger partial charge is 0.350 e. The molecule has 2 bridgehead atoms. The van der Waals surface area contributed by atoms with Gasteiger partial charge >= 0.3 is 0 Å². The number of rotatable bonds is 4. The molecule has 0 aliphatic carbocycles. The summed E-state index contributed by atoms with van der Waals surface area (Å²) in [6.07, 6.45) is 4.57. The van der Waals surface area contributed by atoms with Crippen LogP contribution in [-0.2, 0) is 0 Å². The van der Waals surface area contributed by atoms with Gasteiger partial charge in [-0.3, -0.25) is 9.69 Å². The lowest BCUT2D eigenvalue weighted by atomic mass is 9.75. The molecular formula is C17H22N2O. The molecule has 3 saturated heterocycles. The number of carbonyl (C=O) groups excluding carboxylic acids is 1. The molecule has 20 heavy (non-hydrogen) atoms. The molecule has 0 saturated carbocycles. The van der Waals surface area contributed by atoms with E-state index in [9.17, 15) is 4.79 Å². The van der Waals surface area contributed by atoms with Gasteiger partial charge in [0.05, 0.1) is 0 Å². The van der Waals surface area contributed by atoms with E-state index in [2.05, 4.69) is 22.9 Å². The Balaban J connectivity index is 1.55. The Hall–Kier alpha value is -1.61. The van der Waals surface area contributed by atoms with Gasteiger partial charge in [0, 0.05) is 24.7 Å². The summed E-state index contributed by atoms with van der Waals surface area (Å²) >= 11 is 0. The highest BCUT2D eigenvalue weighted by molar-refractivity contribution is 5.94. The summed E-state index contributed by atoms with van der Waals surface area (Å²) in [6, 6.07) is 9.94. The summed E-state index contributed by atoms with van der Waals surface area (Å²) in [6.45, 7) is 6.98. The molecule has 1 amide bonds. The van der Waals surface area contributed by atoms with Crippen LogP contribution in [0.2, 0.25) is 0 Å². The molecule has 3 nitrogen and oxygen atoms in total. The molecule has 0 aromatic heterocycles. The molecular weight excluding hydrogens is 248 g/mol. The Morgan fingerprint density at radius 3 is 2.85 bits per heavy atom. The normalized spacial score (nSPS) is 31.8. The second-order valence-electron chi connectivity index (χ2n) is 5.91. The molecule has 1 unspecified atom stereocenters. The lowest BCUT2D eigenvalue weighted by Crippen LogP contribution is -2.56. The van der Waals surface area contributed by atoms with E-state index in [-0.39, 0.29) is 5.91 Å². The van der Waals surface area contributed by atoms with Gasteiger partial charge in [-0.2, -0.15) is 0 Å². The first kappa shape index (κ1) is 13.4. The van der Waals surface area contributed by atoms with Crippen LogP contribution in [0.25, 0.3) is 0 Å². The van der Waals surface area contributed by atoms with Crippen molar-refractivity contribution in [1.29, 1.82) is 0 Å². The Morgan fingerprint density at radius 1 is 1.40 bits per heavy atom. The van der Waals surface area contributed by atoms with Gasteiger partial charge < -0.3 is 5.32 Å². The van der Waals surface area contributed by atoms with Gasteiger partial charge in [-0.25, -0.2) is 0 Å². The highest BCUT2D eigenvalue weighted by Gasteiger charge is 2.38. The maximum atomic E-state index is 12.1. The van der Waals surface area contributed by atoms with E-state index in [4.69, 9.17) is 0 Å². The molecule has 3 aliphatic rings. The molecule has 106 valence electrons. The maximum Gasteiger partial charge on any atom is 0.251 e. The smallest absolute Gasteiger partial charge is 0.251 e. The van der Waals surface area contributed by atoms with Crippen molar-refractivity contribution >= 4 is 5.91 Å². The summed E-state index contributed by atoms with van der Waals surface area (Å²) in [5.74, 6) is 1.44. The van der Waals surface area contributed by atoms with Gasteiger partial charge in [0.25, 0.3) is 5.91 Å². The number of nitrogens with one attached hydrogen (secondary N) is 1. The fourth-order valence-corrected chi connectivity index (χ4v) is 3.56. The minimum atomic E-state index is 0.0357. The Kier molecular flexibility index (Phi) is 3.88. The van der Waals surface area contributed by atoms with E-state index in [1.807, 2.05) is 30.3 Å². The Labute approximate surface area is 120 Å². The number of amides is 1. The number of carbonyl (C=O) groups is 1. The molecule has 4 atom stereocenters. The molecule has 4 rings (SSSR count). The van der Waals surface area contributed by atoms with E-state index < -0.39 is 0 Å². The summed E-state index contributed by atoms with van der Waals surface area (Å²) in [5, 5.41) is 3.08. The second kappa shape index (κ2) is 5.80. The summed E-state index contributed by atoms with van der Waals surface area (Å²) in [5.41, 5.74) is 0.743. The van der Waals surface area contributed by atoms with Crippen molar-refractivity contribution in [3.63, 3.8) is 0 Å². The van der Waals surface area contributed by atoms with Gasteiger partial charge in [-0.1, -0.05) is 24.3 Å². The minimum Gasteiger partial charge on any atom is -0.350 e. The van der Waals surface area contributed by atoms with Crippen molar-refractivity contribution in [2.45, 2.75) is 18.9 Å². The fraction of sp³-hybridized carbons (Fsp3) is 0.471. The number of fused-ring (bicyclic) bond motifs is 3. The highest BCUT2D eigenvalue weighted by atomic mass is 16.1. The Bertz CT molecular complexity index is 485. The van der Waals surface area contributed by atoms with Gasteiger partial charge in [-0.05, 0) is 43.4 Å². The van der Waals surface area contributed by atoms with Crippen LogP contribution in [0.1, 0.15) is 23.2 Å². The number of hydrogen-bond acceptors (Lipinski definition) is 2. The number of benzene rings is 1. The average molecular weight is 270 g/mol. The summed E-state index contributed by atoms with van der Waals surface area (Å²) < 4.78 is 0. The van der Waals surface area contributed by atoms with E-state index in [1.165, 1.54) is 19.4 Å². The van der Waals surface area contributed by atoms with E-state index in [1.54, 1.807) is 0 Å². The van der Waals surface area contributed by atoms with Gasteiger partial charge in [0.1, 0.15) is 0 Å². The third-order valence-electron chi connectivity index (χ3n) is 4.77. The third-order valence-corrected chi connectivity index (χ3v) is 4.77. The van der Waals surface area contributed by atoms with Crippen LogP contribution in [0.5, 0.6) is 0 Å². The van der Waals surface area contributed by atoms with Crippen molar-refractivity contribution in [2.75, 3.05) is 19.6 Å². The molecule has 1 aromatic carbocycles. The molecule has 3 fully saturated rings. The first-order valence-electron chi connectivity index (χ1n) is 7.48. The van der Waals surface area contributed by atoms with Gasteiger partial charge in [0.2, 0.25) is 0 Å². The average Bonchev–Trinajstić information content (AvgIpc) is 2.53. The second-order valence-corrected chi connectivity index (χ2v) is 5.91. The number of nitrogens with zero attached hydrogens (tertiary/aromatic N) is 1. The first-order chi connectivity index (χ1) is 9.78. The van der Waals surface area contributed by atoms with Crippen LogP contribution in [0.4, 0.5) is 0 Å². The van der Waals surface area contributed by atoms with Crippen LogP contribution in [0.15, 0.2) is 43.0 Å². The van der Waals surface area contributed by atoms with Crippen molar-refractivity contribution < 1.29 is 4.79 Å². The Morgan fingerprint density at radius 2 is 2.20 bits per heavy atom. The number of hydrogen-bond donors (Lipinski definition) is 1. The minimum absolute atomic E-state index is 0.0357. The molecule has 3 heteroatoms. The van der Waals surface area contributed by atoms with Gasteiger partial charge in [-0.15, -0.1) is 6.58 Å². The van der Waals surface area contributed by atoms with Crippen LogP contribution in [0, 0.1) is 11.8 Å². The van der Waals surface area contributed by atoms with E-state index >= 15 is 0 Å². The summed E-state index contributed by atoms with van der Waals surface area (Å²) in [4.78, 5) is 14.6. The van der Waals surface area contributed by atoms with Crippen LogP contribution >= 0.6 is 0 Å². The quantitative estimate of drug-likeness (QED) is 0.852. The lowest BCUT2D eigenvalue weighted by molar-refractivity contribution is 0.0195. The molecule has 3 aliphatic heterocycles. The first-order valence-corrected chi connectivity index (χ1v) is 7.48. The zero-order chi connectivity index (χ0) is 13.9. The molecule has 1 N–H and O–H groups in total. The predicted octanol–water partition coefficient (Wildman–Crippen LogP) is 2.31. The molecule has 1 aromatic rings. The topological polar surface area (TPSA) is 32.3 Å². The van der Waals surface area contributed by atoms with Crippen LogP contribution in [0.3, 0.4) is 0 Å². The van der Waals surface area contributed by atoms with Crippen LogP contribution < -0.4 is 5.32 Å². The lowest BCUT2D eigenvalue weighted by Gasteiger charge is -2.49. The standard InChI is InChI=1S/C17H22N2O/c1-2-13-12-19-9-8-15(13)10-16(19)11-18-17(20)14-6-4-3-5-7-14/h2-7,13,15-16H,1,8-12H2,(H,18,20)/t13-,15-,16+/m0/s1. The van der Waals surface area contributed by atoms with Crippen LogP contribution in [-0.4, -0.2) is 36.5 Å². The molecule has 0 radical (unpaired) electrons. The molecule has 3 heterocycles. The highest BCUT2D eigenvalue weighted by Crippen LogP contribution is 2.36. The molecule has 0 spiro atoms. The van der Waals surface area contributed by atoms with Crippen molar-refractivity contribution in [1.82, 2.24) is 10.2 Å². The van der Waals surface area contributed by atoms with Gasteiger partial charge in [0.15, 0.2) is 0 Å². The van der Waals surface area contributed by atoms with Crippen molar-refractivity contribution in [3.05, 3.63) is 48.6 Å². The van der Waals surface area contributed by atoms with Crippen molar-refractivity contribution in [3.8, 4) is 0 Å². The maximum absolute atomic E-state index is 12.1. The third kappa shape index (κ3) is 2.63. The fourth-order valence-electron chi connectivity index (χ4n) is 3.56. The van der Waals surface area contributed by atoms with Crippen molar-refractivity contribution in [2.24, 2.45) is 11.8 Å². The van der Waals surface area contributed by atoms with E-state index in [0.29, 0.717) is 12.0 Å². The number of piperidine rings is 3. The zero-order valence-electron chi connectivity index (χ0n) is 11.8.